The molecule has 4 aromatic carbocycles. The van der Waals surface area contributed by atoms with Gasteiger partial charge in [0.1, 0.15) is 11.5 Å². The maximum Gasteiger partial charge on any atom is 2.00 e. The molecule has 0 aliphatic rings. The van der Waals surface area contributed by atoms with Crippen LogP contribution < -0.4 is 11.1 Å². The van der Waals surface area contributed by atoms with Crippen molar-refractivity contribution in [1.82, 2.24) is 9.97 Å². The first-order chi connectivity index (χ1) is 15.5. The minimum absolute atomic E-state index is 0. The molecule has 2 heterocycles. The second-order valence-corrected chi connectivity index (χ2v) is 7.46. The quantitative estimate of drug-likeness (QED) is 0.207. The molecule has 0 atom stereocenters. The predicted octanol–water partition coefficient (Wildman–Crippen LogP) is 4.62. The van der Waals surface area contributed by atoms with Crippen molar-refractivity contribution in [2.45, 2.75) is 0 Å². The van der Waals surface area contributed by atoms with E-state index in [0.717, 1.165) is 21.5 Å². The fourth-order valence-corrected chi connectivity index (χ4v) is 3.96. The average molecular weight is 433 g/mol. The van der Waals surface area contributed by atoms with Crippen LogP contribution in [-0.2, 0) is 0 Å². The Hall–Kier alpha value is -4.41. The Bertz CT molecular complexity index is 1640. The van der Waals surface area contributed by atoms with Crippen molar-refractivity contribution in [3.8, 4) is 11.5 Å². The summed E-state index contributed by atoms with van der Waals surface area (Å²) in [4.78, 5) is 28.1. The molecule has 0 aliphatic carbocycles. The van der Waals surface area contributed by atoms with Crippen LogP contribution >= 0.6 is 0 Å². The average Bonchev–Trinajstić information content (AvgIpc) is 2.79. The van der Waals surface area contributed by atoms with E-state index in [1.807, 2.05) is 36.4 Å². The van der Waals surface area contributed by atoms with E-state index >= 15 is 0 Å². The first-order valence-corrected chi connectivity index (χ1v) is 9.99. The number of fused-ring (bicyclic) bond motifs is 6. The van der Waals surface area contributed by atoms with E-state index in [1.165, 1.54) is 12.1 Å². The smallest absolute Gasteiger partial charge is 1.00 e. The van der Waals surface area contributed by atoms with E-state index in [2.05, 4.69) is 9.97 Å². The summed E-state index contributed by atoms with van der Waals surface area (Å²) in [6.45, 7) is 0. The van der Waals surface area contributed by atoms with Crippen LogP contribution in [0.5, 0.6) is 11.5 Å². The zero-order valence-corrected chi connectivity index (χ0v) is 17.5. The van der Waals surface area contributed by atoms with Gasteiger partial charge >= 0.3 is 10.1 Å². The van der Waals surface area contributed by atoms with Gasteiger partial charge < -0.3 is 23.0 Å². The number of aromatic amines is 2. The molecule has 0 bridgehead atoms. The number of nitrogens with one attached hydrogen (secondary N) is 2. The Balaban J connectivity index is 0.000000227. The van der Waals surface area contributed by atoms with Crippen molar-refractivity contribution in [2.75, 3.05) is 0 Å². The molecule has 0 radical (unpaired) electrons. The molecule has 33 heavy (non-hydrogen) atoms. The minimum atomic E-state index is -0.164. The summed E-state index contributed by atoms with van der Waals surface area (Å²) in [6.07, 6.45) is 0. The molecular formula is C26H20BeN2O4. The first kappa shape index (κ1) is 21.8. The number of benzene rings is 4. The van der Waals surface area contributed by atoms with Gasteiger partial charge in [0.2, 0.25) is 11.1 Å². The van der Waals surface area contributed by atoms with Crippen molar-refractivity contribution in [3.05, 3.63) is 106 Å². The molecule has 0 saturated heterocycles. The molecule has 0 amide bonds. The van der Waals surface area contributed by atoms with Gasteiger partial charge in [-0.3, -0.25) is 9.59 Å². The van der Waals surface area contributed by atoms with E-state index in [0.29, 0.717) is 21.8 Å². The predicted molar refractivity (Wildman–Crippen MR) is 135 cm³/mol. The second kappa shape index (κ2) is 8.61. The Morgan fingerprint density at radius 1 is 0.515 bits per heavy atom. The first-order valence-electron chi connectivity index (χ1n) is 9.99. The monoisotopic (exact) mass is 433 g/mol. The summed E-state index contributed by atoms with van der Waals surface area (Å²) in [6, 6.07) is 24.8. The Labute approximate surface area is 194 Å². The van der Waals surface area contributed by atoms with Crippen LogP contribution in [0.1, 0.15) is 2.85 Å². The SMILES string of the molecule is O=c1ccc2ccc3cccc(O)c3c2[nH]1.O=c1ccc2ccc3cccc(O)c3c2[nH]1.[Be+2].[H-].[H-]. The summed E-state index contributed by atoms with van der Waals surface area (Å²) in [7, 11) is 0. The van der Waals surface area contributed by atoms with Gasteiger partial charge in [0.05, 0.1) is 11.0 Å². The second-order valence-electron chi connectivity index (χ2n) is 7.46. The van der Waals surface area contributed by atoms with Crippen molar-refractivity contribution >= 4 is 53.5 Å². The molecule has 6 aromatic rings. The van der Waals surface area contributed by atoms with Crippen LogP contribution in [0.25, 0.3) is 43.4 Å². The molecule has 0 spiro atoms. The van der Waals surface area contributed by atoms with E-state index in [1.54, 1.807) is 36.4 Å². The largest absolute Gasteiger partial charge is 2.00 e. The van der Waals surface area contributed by atoms with Crippen LogP contribution in [0, 0.1) is 0 Å². The molecule has 6 nitrogen and oxygen atoms in total. The molecular weight excluding hydrogens is 413 g/mol. The standard InChI is InChI=1S/2C13H9NO2.Be.2H/c2*15-10-3-1-2-8-4-5-9-6-7-11(16)14-13(9)12(8)10;;;/h2*1-7,15H,(H,14,16);;;/q;;+2;2*-1. The number of aromatic nitrogens is 2. The van der Waals surface area contributed by atoms with Gasteiger partial charge in [0, 0.05) is 22.9 Å². The van der Waals surface area contributed by atoms with Crippen LogP contribution in [0.3, 0.4) is 0 Å². The number of phenols is 2. The maximum atomic E-state index is 11.3. The normalized spacial score (nSPS) is 10.7. The van der Waals surface area contributed by atoms with E-state index in [-0.39, 0.29) is 35.6 Å². The van der Waals surface area contributed by atoms with Crippen LogP contribution in [0.2, 0.25) is 0 Å². The van der Waals surface area contributed by atoms with Gasteiger partial charge in [0.25, 0.3) is 0 Å². The van der Waals surface area contributed by atoms with Gasteiger partial charge in [-0.05, 0) is 45.8 Å². The minimum Gasteiger partial charge on any atom is -1.00 e. The van der Waals surface area contributed by atoms with Gasteiger partial charge in [-0.15, -0.1) is 0 Å². The third kappa shape index (κ3) is 3.95. The van der Waals surface area contributed by atoms with Crippen molar-refractivity contribution in [3.63, 3.8) is 0 Å². The molecule has 6 rings (SSSR count). The number of phenolic OH excluding ortho intramolecular Hbond substituents is 2. The van der Waals surface area contributed by atoms with E-state index < -0.39 is 0 Å². The third-order valence-electron chi connectivity index (χ3n) is 5.44. The summed E-state index contributed by atoms with van der Waals surface area (Å²) < 4.78 is 0. The fourth-order valence-electron chi connectivity index (χ4n) is 3.96. The number of rotatable bonds is 0. The zero-order valence-electron chi connectivity index (χ0n) is 19.5. The topological polar surface area (TPSA) is 106 Å². The van der Waals surface area contributed by atoms with Crippen molar-refractivity contribution < 1.29 is 13.1 Å². The van der Waals surface area contributed by atoms with Gasteiger partial charge in [-0.1, -0.05) is 48.5 Å². The van der Waals surface area contributed by atoms with Crippen LogP contribution in [0.4, 0.5) is 0 Å². The number of hydrogen-bond donors (Lipinski definition) is 4. The van der Waals surface area contributed by atoms with Crippen LogP contribution in [0.15, 0.2) is 94.5 Å². The van der Waals surface area contributed by atoms with Gasteiger partial charge in [-0.25, -0.2) is 0 Å². The summed E-state index contributed by atoms with van der Waals surface area (Å²) in [5.41, 5.74) is 1.04. The third-order valence-corrected chi connectivity index (χ3v) is 5.44. The maximum absolute atomic E-state index is 11.3. The molecule has 2 aromatic heterocycles. The number of H-pyrrole nitrogens is 2. The summed E-state index contributed by atoms with van der Waals surface area (Å²) in [5, 5.41) is 24.7. The molecule has 4 N–H and O–H groups in total. The molecule has 0 fully saturated rings. The van der Waals surface area contributed by atoms with E-state index in [9.17, 15) is 19.8 Å². The molecule has 160 valence electrons. The Morgan fingerprint density at radius 2 is 0.879 bits per heavy atom. The van der Waals surface area contributed by atoms with Gasteiger partial charge in [0.15, 0.2) is 0 Å². The summed E-state index contributed by atoms with van der Waals surface area (Å²) >= 11 is 0. The van der Waals surface area contributed by atoms with Crippen LogP contribution in [-0.4, -0.2) is 30.3 Å². The number of aromatic hydroxyl groups is 2. The summed E-state index contributed by atoms with van der Waals surface area (Å²) in [5.74, 6) is 0.370. The van der Waals surface area contributed by atoms with E-state index in [4.69, 9.17) is 0 Å². The fraction of sp³-hybridized carbons (Fsp3) is 0. The molecule has 0 unspecified atom stereocenters. The molecule has 0 saturated carbocycles. The van der Waals surface area contributed by atoms with Crippen molar-refractivity contribution in [1.29, 1.82) is 0 Å². The number of pyridine rings is 2. The zero-order chi connectivity index (χ0) is 22.2. The number of hydrogen-bond acceptors (Lipinski definition) is 4. The molecule has 7 heteroatoms. The Morgan fingerprint density at radius 3 is 1.30 bits per heavy atom. The molecule has 0 aliphatic heterocycles. The Kier molecular flexibility index (Phi) is 5.69. The van der Waals surface area contributed by atoms with Gasteiger partial charge in [-0.2, -0.15) is 0 Å². The van der Waals surface area contributed by atoms with Crippen molar-refractivity contribution in [2.24, 2.45) is 0 Å².